The average molecular weight is 405 g/mol. The molecule has 7 nitrogen and oxygen atoms in total. The van der Waals surface area contributed by atoms with Crippen LogP contribution in [0.5, 0.6) is 5.75 Å². The van der Waals surface area contributed by atoms with Crippen LogP contribution >= 0.6 is 0 Å². The smallest absolute Gasteiger partial charge is 0.338 e. The lowest BCUT2D eigenvalue weighted by Gasteiger charge is -2.26. The molecule has 28 heavy (non-hydrogen) atoms. The summed E-state index contributed by atoms with van der Waals surface area (Å²) in [5, 5.41) is 0. The van der Waals surface area contributed by atoms with Gasteiger partial charge < -0.3 is 14.2 Å². The second kappa shape index (κ2) is 9.18. The van der Waals surface area contributed by atoms with Crippen molar-refractivity contribution < 1.29 is 27.4 Å². The van der Waals surface area contributed by atoms with Crippen molar-refractivity contribution >= 4 is 16.0 Å². The molecule has 0 aliphatic carbocycles. The normalized spacial score (nSPS) is 15.2. The summed E-state index contributed by atoms with van der Waals surface area (Å²) in [6.45, 7) is 3.33. The molecule has 1 saturated heterocycles. The number of hydrogen-bond donors (Lipinski definition) is 0. The largest absolute Gasteiger partial charge is 0.490 e. The predicted molar refractivity (Wildman–Crippen MR) is 103 cm³/mol. The number of rotatable bonds is 7. The Morgan fingerprint density at radius 2 is 1.79 bits per heavy atom. The highest BCUT2D eigenvalue weighted by Crippen LogP contribution is 2.21. The van der Waals surface area contributed by atoms with Crippen LogP contribution in [0.1, 0.15) is 15.9 Å². The quantitative estimate of drug-likeness (QED) is 0.519. The van der Waals surface area contributed by atoms with Gasteiger partial charge in [0.25, 0.3) is 0 Å². The fourth-order valence-electron chi connectivity index (χ4n) is 2.81. The summed E-state index contributed by atoms with van der Waals surface area (Å²) in [5.74, 6) is 0.113. The summed E-state index contributed by atoms with van der Waals surface area (Å²) < 4.78 is 42.9. The number of ether oxygens (including phenoxy) is 3. The van der Waals surface area contributed by atoms with E-state index in [1.54, 1.807) is 13.0 Å². The van der Waals surface area contributed by atoms with Gasteiger partial charge in [-0.1, -0.05) is 24.3 Å². The van der Waals surface area contributed by atoms with Crippen LogP contribution in [0.3, 0.4) is 0 Å². The molecule has 1 fully saturated rings. The number of hydrogen-bond acceptors (Lipinski definition) is 6. The SMILES string of the molecule is Cc1ccc(S(=O)(=O)N2CCOCC2)cc1C(=O)OCCOc1ccccc1. The molecule has 8 heteroatoms. The van der Waals surface area contributed by atoms with E-state index in [2.05, 4.69) is 0 Å². The lowest BCUT2D eigenvalue weighted by atomic mass is 10.1. The number of carbonyl (C=O) groups is 1. The molecule has 0 spiro atoms. The first kappa shape index (κ1) is 20.3. The lowest BCUT2D eigenvalue weighted by molar-refractivity contribution is 0.0449. The third-order valence-electron chi connectivity index (χ3n) is 4.37. The Bertz CT molecular complexity index is 908. The number of esters is 1. The third kappa shape index (κ3) is 4.89. The number of aryl methyl sites for hydroxylation is 1. The number of morpholine rings is 1. The first-order valence-corrected chi connectivity index (χ1v) is 10.5. The molecule has 1 aliphatic heterocycles. The third-order valence-corrected chi connectivity index (χ3v) is 6.26. The van der Waals surface area contributed by atoms with Gasteiger partial charge in [0, 0.05) is 13.1 Å². The van der Waals surface area contributed by atoms with Gasteiger partial charge in [-0.25, -0.2) is 13.2 Å². The molecule has 0 unspecified atom stereocenters. The van der Waals surface area contributed by atoms with Gasteiger partial charge in [0.2, 0.25) is 10.0 Å². The van der Waals surface area contributed by atoms with Crippen molar-refractivity contribution in [1.29, 1.82) is 0 Å². The summed E-state index contributed by atoms with van der Waals surface area (Å²) in [5.41, 5.74) is 0.879. The highest BCUT2D eigenvalue weighted by molar-refractivity contribution is 7.89. The van der Waals surface area contributed by atoms with E-state index in [9.17, 15) is 13.2 Å². The first-order chi connectivity index (χ1) is 13.5. The minimum absolute atomic E-state index is 0.0631. The molecule has 3 rings (SSSR count). The van der Waals surface area contributed by atoms with E-state index in [0.29, 0.717) is 37.6 Å². The maximum Gasteiger partial charge on any atom is 0.338 e. The standard InChI is InChI=1S/C20H23NO6S/c1-16-7-8-18(28(23,24)21-9-11-25-12-10-21)15-19(16)20(22)27-14-13-26-17-5-3-2-4-6-17/h2-8,15H,9-14H2,1H3. The van der Waals surface area contributed by atoms with Gasteiger partial charge >= 0.3 is 5.97 Å². The van der Waals surface area contributed by atoms with Gasteiger partial charge in [0.15, 0.2) is 0 Å². The van der Waals surface area contributed by atoms with Crippen LogP contribution in [0.15, 0.2) is 53.4 Å². The highest BCUT2D eigenvalue weighted by atomic mass is 32.2. The van der Waals surface area contributed by atoms with Gasteiger partial charge in [-0.15, -0.1) is 0 Å². The van der Waals surface area contributed by atoms with Gasteiger partial charge in [-0.2, -0.15) is 4.31 Å². The molecule has 1 aliphatic rings. The highest BCUT2D eigenvalue weighted by Gasteiger charge is 2.27. The number of nitrogens with zero attached hydrogens (tertiary/aromatic N) is 1. The van der Waals surface area contributed by atoms with Crippen LogP contribution in [0.25, 0.3) is 0 Å². The molecule has 0 atom stereocenters. The van der Waals surface area contributed by atoms with E-state index in [4.69, 9.17) is 14.2 Å². The summed E-state index contributed by atoms with van der Waals surface area (Å²) >= 11 is 0. The Balaban J connectivity index is 1.64. The van der Waals surface area contributed by atoms with E-state index in [0.717, 1.165) is 0 Å². The van der Waals surface area contributed by atoms with Crippen molar-refractivity contribution in [1.82, 2.24) is 4.31 Å². The number of sulfonamides is 1. The fourth-order valence-corrected chi connectivity index (χ4v) is 4.24. The molecule has 1 heterocycles. The Hall–Kier alpha value is -2.42. The van der Waals surface area contributed by atoms with Crippen molar-refractivity contribution in [2.75, 3.05) is 39.5 Å². The Morgan fingerprint density at radius 1 is 1.07 bits per heavy atom. The van der Waals surface area contributed by atoms with Crippen molar-refractivity contribution in [3.8, 4) is 5.75 Å². The van der Waals surface area contributed by atoms with Gasteiger partial charge in [-0.05, 0) is 36.8 Å². The molecule has 0 N–H and O–H groups in total. The zero-order valence-electron chi connectivity index (χ0n) is 15.7. The van der Waals surface area contributed by atoms with E-state index in [-0.39, 0.29) is 23.7 Å². The second-order valence-corrected chi connectivity index (χ2v) is 8.23. The van der Waals surface area contributed by atoms with Crippen LogP contribution in [0.4, 0.5) is 0 Å². The molecule has 2 aromatic rings. The zero-order valence-corrected chi connectivity index (χ0v) is 16.5. The van der Waals surface area contributed by atoms with Crippen LogP contribution in [-0.2, 0) is 19.5 Å². The Labute approximate surface area is 164 Å². The molecule has 0 amide bonds. The maximum absolute atomic E-state index is 12.8. The summed E-state index contributed by atoms with van der Waals surface area (Å²) in [4.78, 5) is 12.5. The zero-order chi connectivity index (χ0) is 20.0. The number of benzene rings is 2. The number of carbonyl (C=O) groups excluding carboxylic acids is 1. The fraction of sp³-hybridized carbons (Fsp3) is 0.350. The van der Waals surface area contributed by atoms with Gasteiger partial charge in [0.05, 0.1) is 23.7 Å². The second-order valence-electron chi connectivity index (χ2n) is 6.29. The molecule has 0 saturated carbocycles. The van der Waals surface area contributed by atoms with Crippen LogP contribution in [0.2, 0.25) is 0 Å². The maximum atomic E-state index is 12.8. The molecule has 0 bridgehead atoms. The van der Waals surface area contributed by atoms with Gasteiger partial charge in [0.1, 0.15) is 19.0 Å². The van der Waals surface area contributed by atoms with E-state index in [1.807, 2.05) is 30.3 Å². The monoisotopic (exact) mass is 405 g/mol. The molecule has 0 aromatic heterocycles. The van der Waals surface area contributed by atoms with Gasteiger partial charge in [-0.3, -0.25) is 0 Å². The Kier molecular flexibility index (Phi) is 6.66. The minimum Gasteiger partial charge on any atom is -0.490 e. The summed E-state index contributed by atoms with van der Waals surface area (Å²) in [6.07, 6.45) is 0. The number of para-hydroxylation sites is 1. The summed E-state index contributed by atoms with van der Waals surface area (Å²) in [6, 6.07) is 13.7. The molecule has 0 radical (unpaired) electrons. The van der Waals surface area contributed by atoms with E-state index in [1.165, 1.54) is 16.4 Å². The van der Waals surface area contributed by atoms with Crippen LogP contribution in [-0.4, -0.2) is 58.2 Å². The van der Waals surface area contributed by atoms with Crippen molar-refractivity contribution in [2.24, 2.45) is 0 Å². The van der Waals surface area contributed by atoms with E-state index < -0.39 is 16.0 Å². The molecular formula is C20H23NO6S. The molecular weight excluding hydrogens is 382 g/mol. The first-order valence-electron chi connectivity index (χ1n) is 9.02. The summed E-state index contributed by atoms with van der Waals surface area (Å²) in [7, 11) is -3.68. The average Bonchev–Trinajstić information content (AvgIpc) is 2.72. The van der Waals surface area contributed by atoms with E-state index >= 15 is 0 Å². The molecule has 150 valence electrons. The van der Waals surface area contributed by atoms with Crippen molar-refractivity contribution in [3.63, 3.8) is 0 Å². The van der Waals surface area contributed by atoms with Crippen molar-refractivity contribution in [2.45, 2.75) is 11.8 Å². The Morgan fingerprint density at radius 3 is 2.50 bits per heavy atom. The van der Waals surface area contributed by atoms with Crippen LogP contribution in [0, 0.1) is 6.92 Å². The molecule has 2 aromatic carbocycles. The lowest BCUT2D eigenvalue weighted by Crippen LogP contribution is -2.40. The predicted octanol–water partition coefficient (Wildman–Crippen LogP) is 2.25. The van der Waals surface area contributed by atoms with Crippen LogP contribution < -0.4 is 4.74 Å². The van der Waals surface area contributed by atoms with Crippen molar-refractivity contribution in [3.05, 3.63) is 59.7 Å². The minimum atomic E-state index is -3.68. The topological polar surface area (TPSA) is 82.1 Å².